The van der Waals surface area contributed by atoms with Gasteiger partial charge >= 0.3 is 0 Å². The minimum Gasteiger partial charge on any atom is -0.497 e. The third-order valence-corrected chi connectivity index (χ3v) is 14.0. The maximum atomic E-state index is 14.4. The molecule has 1 N–H and O–H groups in total. The van der Waals surface area contributed by atoms with Gasteiger partial charge in [0.1, 0.15) is 17.5 Å². The summed E-state index contributed by atoms with van der Waals surface area (Å²) in [5.74, 6) is 0.722. The number of hydrogen-bond acceptors (Lipinski definition) is 6. The molecule has 1 spiro atoms. The number of methoxy groups -OCH3 is 1. The molecule has 3 heterocycles. The highest BCUT2D eigenvalue weighted by Gasteiger charge is 2.66. The van der Waals surface area contributed by atoms with Crippen LogP contribution in [0.3, 0.4) is 0 Å². The predicted octanol–water partition coefficient (Wildman–Crippen LogP) is 5.21. The lowest BCUT2D eigenvalue weighted by atomic mass is 9.82. The van der Waals surface area contributed by atoms with Gasteiger partial charge in [0.05, 0.1) is 33.2 Å². The van der Waals surface area contributed by atoms with Gasteiger partial charge in [0.15, 0.2) is 5.60 Å². The van der Waals surface area contributed by atoms with E-state index in [1.54, 1.807) is 24.1 Å². The summed E-state index contributed by atoms with van der Waals surface area (Å²) >= 11 is 0. The molecule has 2 aliphatic rings. The maximum Gasteiger partial charge on any atom is 0.264 e. The number of benzene rings is 3. The standard InChI is InChI=1S/C35H40N4O4Si/c1-6-21-39-30-15-11-10-14-28(30)35(34(39)41)24(2)33(44(4,5)27-18-16-26(42-3)17-19-27)31(43-35)20-22-38-23-29(36-37-38)32(40)25-12-8-7-9-13-25/h6-19,23-24,31-33,40H,1,20-22H2,2-5H3/t24-,31+,32-,33-,35+/m1/s1. The zero-order chi connectivity index (χ0) is 31.1. The molecule has 0 unspecified atom stereocenters. The summed E-state index contributed by atoms with van der Waals surface area (Å²) < 4.78 is 14.3. The number of ether oxygens (including phenoxy) is 2. The van der Waals surface area contributed by atoms with Gasteiger partial charge in [-0.1, -0.05) is 97.2 Å². The zero-order valence-corrected chi connectivity index (χ0v) is 26.8. The monoisotopic (exact) mass is 608 g/mol. The predicted molar refractivity (Wildman–Crippen MR) is 174 cm³/mol. The molecule has 44 heavy (non-hydrogen) atoms. The number of aliphatic hydroxyl groups is 1. The van der Waals surface area contributed by atoms with Crippen molar-refractivity contribution in [1.29, 1.82) is 0 Å². The minimum atomic E-state index is -2.24. The molecular formula is C35H40N4O4Si. The third-order valence-electron chi connectivity index (χ3n) is 9.65. The Kier molecular flexibility index (Phi) is 8.04. The van der Waals surface area contributed by atoms with Crippen molar-refractivity contribution < 1.29 is 19.4 Å². The Morgan fingerprint density at radius 3 is 2.50 bits per heavy atom. The quantitative estimate of drug-likeness (QED) is 0.197. The van der Waals surface area contributed by atoms with Crippen LogP contribution in [0.4, 0.5) is 5.69 Å². The highest BCUT2D eigenvalue weighted by Crippen LogP contribution is 2.59. The summed E-state index contributed by atoms with van der Waals surface area (Å²) in [6.45, 7) is 11.8. The van der Waals surface area contributed by atoms with Crippen LogP contribution >= 0.6 is 0 Å². The van der Waals surface area contributed by atoms with Gasteiger partial charge in [0, 0.05) is 24.6 Å². The normalized spacial score (nSPS) is 23.6. The van der Waals surface area contributed by atoms with Crippen LogP contribution in [0.25, 0.3) is 0 Å². The molecule has 2 aliphatic heterocycles. The molecular weight excluding hydrogens is 568 g/mol. The maximum absolute atomic E-state index is 14.4. The molecule has 0 radical (unpaired) electrons. The summed E-state index contributed by atoms with van der Waals surface area (Å²) in [5.41, 5.74) is 2.13. The van der Waals surface area contributed by atoms with E-state index in [9.17, 15) is 9.90 Å². The molecule has 0 saturated carbocycles. The Morgan fingerprint density at radius 1 is 1.09 bits per heavy atom. The van der Waals surface area contributed by atoms with E-state index in [1.807, 2.05) is 71.6 Å². The van der Waals surface area contributed by atoms with Gasteiger partial charge < -0.3 is 19.5 Å². The average molecular weight is 609 g/mol. The topological polar surface area (TPSA) is 89.7 Å². The number of para-hydroxylation sites is 1. The van der Waals surface area contributed by atoms with Crippen molar-refractivity contribution in [3.8, 4) is 5.75 Å². The van der Waals surface area contributed by atoms with Crippen LogP contribution in [0.15, 0.2) is 97.7 Å². The molecule has 1 amide bonds. The molecule has 0 aliphatic carbocycles. The van der Waals surface area contributed by atoms with Crippen molar-refractivity contribution in [2.75, 3.05) is 18.6 Å². The first kappa shape index (κ1) is 30.0. The number of rotatable bonds is 10. The van der Waals surface area contributed by atoms with Crippen LogP contribution in [0.5, 0.6) is 5.75 Å². The highest BCUT2D eigenvalue weighted by atomic mass is 28.3. The number of aliphatic hydroxyl groups excluding tert-OH is 1. The number of fused-ring (bicyclic) bond motifs is 2. The summed E-state index contributed by atoms with van der Waals surface area (Å²) in [7, 11) is -0.567. The first-order chi connectivity index (χ1) is 21.2. The van der Waals surface area contributed by atoms with Crippen molar-refractivity contribution in [1.82, 2.24) is 15.0 Å². The largest absolute Gasteiger partial charge is 0.497 e. The van der Waals surface area contributed by atoms with E-state index in [0.717, 1.165) is 22.6 Å². The smallest absolute Gasteiger partial charge is 0.264 e. The second-order valence-corrected chi connectivity index (χ2v) is 17.1. The molecule has 4 aromatic rings. The van der Waals surface area contributed by atoms with Crippen LogP contribution in [-0.4, -0.2) is 53.8 Å². The second-order valence-electron chi connectivity index (χ2n) is 12.4. The molecule has 1 aromatic heterocycles. The summed E-state index contributed by atoms with van der Waals surface area (Å²) in [6, 6.07) is 25.8. The molecule has 8 nitrogen and oxygen atoms in total. The summed E-state index contributed by atoms with van der Waals surface area (Å²) in [4.78, 5) is 16.2. The van der Waals surface area contributed by atoms with Crippen molar-refractivity contribution in [2.24, 2.45) is 5.92 Å². The van der Waals surface area contributed by atoms with E-state index in [1.165, 1.54) is 5.19 Å². The Bertz CT molecular complexity index is 1640. The minimum absolute atomic E-state index is 0.0212. The van der Waals surface area contributed by atoms with Crippen LogP contribution in [0, 0.1) is 5.92 Å². The van der Waals surface area contributed by atoms with Crippen LogP contribution < -0.4 is 14.8 Å². The SMILES string of the molecule is C=CCN1C(=O)[C@@]2(O[C@@H](CCn3cc([C@H](O)c4ccccc4)nn3)[C@H]([Si](C)(C)c3ccc(OC)cc3)[C@H]2C)c2ccccc21. The van der Waals surface area contributed by atoms with Gasteiger partial charge in [-0.2, -0.15) is 0 Å². The van der Waals surface area contributed by atoms with E-state index >= 15 is 0 Å². The zero-order valence-electron chi connectivity index (χ0n) is 25.8. The Morgan fingerprint density at radius 2 is 1.80 bits per heavy atom. The lowest BCUT2D eigenvalue weighted by Gasteiger charge is -2.37. The molecule has 5 atom stereocenters. The van der Waals surface area contributed by atoms with Gasteiger partial charge in [-0.25, -0.2) is 0 Å². The van der Waals surface area contributed by atoms with Gasteiger partial charge in [-0.05, 0) is 35.7 Å². The number of amides is 1. The Labute approximate surface area is 259 Å². The van der Waals surface area contributed by atoms with E-state index in [4.69, 9.17) is 9.47 Å². The third kappa shape index (κ3) is 4.89. The van der Waals surface area contributed by atoms with Crippen LogP contribution in [-0.2, 0) is 21.7 Å². The number of hydrogen-bond donors (Lipinski definition) is 1. The van der Waals surface area contributed by atoms with Gasteiger partial charge in [-0.15, -0.1) is 11.7 Å². The number of aryl methyl sites for hydroxylation is 1. The molecule has 9 heteroatoms. The number of nitrogens with zero attached hydrogens (tertiary/aromatic N) is 4. The summed E-state index contributed by atoms with van der Waals surface area (Å²) in [6.07, 6.45) is 3.15. The van der Waals surface area contributed by atoms with Gasteiger partial charge in [0.2, 0.25) is 0 Å². The second kappa shape index (κ2) is 11.8. The van der Waals surface area contributed by atoms with E-state index in [0.29, 0.717) is 25.2 Å². The van der Waals surface area contributed by atoms with Crippen molar-refractivity contribution in [2.45, 2.75) is 56.3 Å². The molecule has 1 fully saturated rings. The fraction of sp³-hybridized carbons (Fsp3) is 0.343. The number of carbonyl (C=O) groups excluding carboxylic acids is 1. The lowest BCUT2D eigenvalue weighted by Crippen LogP contribution is -2.51. The summed E-state index contributed by atoms with van der Waals surface area (Å²) in [5, 5.41) is 20.8. The number of carbonyl (C=O) groups is 1. The Balaban J connectivity index is 1.35. The van der Waals surface area contributed by atoms with Crippen molar-refractivity contribution in [3.63, 3.8) is 0 Å². The van der Waals surface area contributed by atoms with Gasteiger partial charge in [0.25, 0.3) is 5.91 Å². The molecule has 3 aromatic carbocycles. The number of aromatic nitrogens is 3. The van der Waals surface area contributed by atoms with Crippen LogP contribution in [0.1, 0.15) is 36.3 Å². The molecule has 228 valence electrons. The van der Waals surface area contributed by atoms with E-state index in [-0.39, 0.29) is 23.5 Å². The van der Waals surface area contributed by atoms with Gasteiger partial charge in [-0.3, -0.25) is 9.48 Å². The highest BCUT2D eigenvalue weighted by molar-refractivity contribution is 6.91. The lowest BCUT2D eigenvalue weighted by molar-refractivity contribution is -0.145. The van der Waals surface area contributed by atoms with E-state index < -0.39 is 19.8 Å². The van der Waals surface area contributed by atoms with Crippen molar-refractivity contribution in [3.05, 3.63) is 115 Å². The fourth-order valence-corrected chi connectivity index (χ4v) is 11.5. The number of anilines is 1. The van der Waals surface area contributed by atoms with Crippen LogP contribution in [0.2, 0.25) is 18.6 Å². The first-order valence-electron chi connectivity index (χ1n) is 15.2. The molecule has 1 saturated heterocycles. The fourth-order valence-electron chi connectivity index (χ4n) is 7.46. The molecule has 6 rings (SSSR count). The first-order valence-corrected chi connectivity index (χ1v) is 18.3. The average Bonchev–Trinajstić information content (AvgIpc) is 3.71. The Hall–Kier alpha value is -4.05. The van der Waals surface area contributed by atoms with E-state index in [2.05, 4.69) is 49.0 Å². The van der Waals surface area contributed by atoms with Crippen molar-refractivity contribution >= 4 is 24.9 Å². The molecule has 0 bridgehead atoms.